The van der Waals surface area contributed by atoms with Gasteiger partial charge in [0.15, 0.2) is 0 Å². The molecule has 1 amide bonds. The molecule has 1 N–H and O–H groups in total. The second kappa shape index (κ2) is 8.92. The van der Waals surface area contributed by atoms with Crippen molar-refractivity contribution in [3.63, 3.8) is 0 Å². The van der Waals surface area contributed by atoms with Crippen LogP contribution in [0.4, 0.5) is 11.6 Å². The first kappa shape index (κ1) is 25.6. The summed E-state index contributed by atoms with van der Waals surface area (Å²) in [7, 11) is 0. The molecule has 0 saturated heterocycles. The van der Waals surface area contributed by atoms with Crippen molar-refractivity contribution in [1.82, 2.24) is 19.7 Å². The lowest BCUT2D eigenvalue weighted by Crippen LogP contribution is -2.70. The highest BCUT2D eigenvalue weighted by atomic mass is 16.5. The lowest BCUT2D eigenvalue weighted by Gasteiger charge is -2.66. The van der Waals surface area contributed by atoms with E-state index in [0.29, 0.717) is 34.5 Å². The molecule has 3 heterocycles. The Morgan fingerprint density at radius 3 is 2.48 bits per heavy atom. The smallest absolute Gasteiger partial charge is 0.278 e. The summed E-state index contributed by atoms with van der Waals surface area (Å²) in [5, 5.41) is 26.2. The fraction of sp³-hybridized carbons (Fsp3) is 0.400. The molecule has 1 aliphatic heterocycles. The second-order valence-corrected chi connectivity index (χ2v) is 11.6. The van der Waals surface area contributed by atoms with Crippen molar-refractivity contribution in [2.75, 3.05) is 10.2 Å². The lowest BCUT2D eigenvalue weighted by atomic mass is 9.40. The molecule has 7 rings (SSSR count). The van der Waals surface area contributed by atoms with Crippen LogP contribution in [0.25, 0.3) is 6.08 Å². The Bertz CT molecular complexity index is 1630. The Kier molecular flexibility index (Phi) is 5.70. The SMILES string of the molecule is Cc1cc(/C=C/C#N)cc(C)c1Oc1nc(NC23CC(C#N)(C2)C3)nc2c1C(C)N(c1cnn(C(C)C)c1)C2=O. The van der Waals surface area contributed by atoms with Crippen LogP contribution < -0.4 is 15.0 Å². The van der Waals surface area contributed by atoms with Gasteiger partial charge in [0.05, 0.1) is 41.0 Å². The molecule has 3 saturated carbocycles. The first-order valence-electron chi connectivity index (χ1n) is 13.4. The molecule has 1 atom stereocenters. The molecule has 10 nitrogen and oxygen atoms in total. The number of benzene rings is 1. The van der Waals surface area contributed by atoms with Crippen molar-refractivity contribution in [3.8, 4) is 23.8 Å². The summed E-state index contributed by atoms with van der Waals surface area (Å²) in [5.74, 6) is 1.04. The number of amides is 1. The van der Waals surface area contributed by atoms with Crippen LogP contribution in [0.15, 0.2) is 30.6 Å². The minimum atomic E-state index is -0.383. The lowest BCUT2D eigenvalue weighted by molar-refractivity contribution is -0.0665. The number of fused-ring (bicyclic) bond motifs is 1. The van der Waals surface area contributed by atoms with E-state index in [1.54, 1.807) is 17.2 Å². The van der Waals surface area contributed by atoms with E-state index in [-0.39, 0.29) is 28.9 Å². The summed E-state index contributed by atoms with van der Waals surface area (Å²) in [6, 6.07) is 8.10. The van der Waals surface area contributed by atoms with Crippen LogP contribution in [0.3, 0.4) is 0 Å². The third kappa shape index (κ3) is 3.91. The summed E-state index contributed by atoms with van der Waals surface area (Å²) in [6.45, 7) is 9.88. The minimum absolute atomic E-state index is 0.153. The second-order valence-electron chi connectivity index (χ2n) is 11.6. The van der Waals surface area contributed by atoms with Gasteiger partial charge in [-0.05, 0) is 88.8 Å². The first-order valence-corrected chi connectivity index (χ1v) is 13.4. The van der Waals surface area contributed by atoms with E-state index in [4.69, 9.17) is 20.0 Å². The predicted molar refractivity (Wildman–Crippen MR) is 149 cm³/mol. The number of ether oxygens (including phenoxy) is 1. The van der Waals surface area contributed by atoms with E-state index in [0.717, 1.165) is 36.0 Å². The minimum Gasteiger partial charge on any atom is -0.438 e. The number of allylic oxidation sites excluding steroid dienone is 1. The number of hydrogen-bond acceptors (Lipinski definition) is 8. The number of aryl methyl sites for hydroxylation is 2. The molecule has 2 bridgehead atoms. The average molecular weight is 535 g/mol. The van der Waals surface area contributed by atoms with Gasteiger partial charge in [0.2, 0.25) is 11.8 Å². The van der Waals surface area contributed by atoms with Crippen LogP contribution >= 0.6 is 0 Å². The molecule has 40 heavy (non-hydrogen) atoms. The highest BCUT2D eigenvalue weighted by Crippen LogP contribution is 2.67. The topological polar surface area (TPSA) is 133 Å². The van der Waals surface area contributed by atoms with Crippen molar-refractivity contribution in [3.05, 3.63) is 58.6 Å². The van der Waals surface area contributed by atoms with Gasteiger partial charge in [0.25, 0.3) is 5.91 Å². The summed E-state index contributed by atoms with van der Waals surface area (Å²) in [4.78, 5) is 25.0. The highest BCUT2D eigenvalue weighted by molar-refractivity contribution is 6.10. The molecule has 0 radical (unpaired) electrons. The Morgan fingerprint density at radius 1 is 1.18 bits per heavy atom. The number of carbonyl (C=O) groups is 1. The maximum Gasteiger partial charge on any atom is 0.278 e. The Morgan fingerprint density at radius 2 is 1.88 bits per heavy atom. The molecule has 3 fully saturated rings. The van der Waals surface area contributed by atoms with Gasteiger partial charge in [-0.25, -0.2) is 4.98 Å². The zero-order valence-corrected chi connectivity index (χ0v) is 23.2. The molecular formula is C30H30N8O2. The third-order valence-electron chi connectivity index (χ3n) is 8.21. The van der Waals surface area contributed by atoms with Crippen molar-refractivity contribution in [2.24, 2.45) is 5.41 Å². The molecule has 3 aliphatic carbocycles. The highest BCUT2D eigenvalue weighted by Gasteiger charge is 2.69. The molecule has 10 heteroatoms. The number of nitrogens with zero attached hydrogens (tertiary/aromatic N) is 7. The van der Waals surface area contributed by atoms with Crippen LogP contribution in [-0.4, -0.2) is 31.2 Å². The van der Waals surface area contributed by atoms with Crippen LogP contribution in [0.2, 0.25) is 0 Å². The number of aromatic nitrogens is 4. The molecule has 3 aromatic rings. The largest absolute Gasteiger partial charge is 0.438 e. The maximum atomic E-state index is 13.8. The summed E-state index contributed by atoms with van der Waals surface area (Å²) in [6.07, 6.45) is 8.98. The maximum absolute atomic E-state index is 13.8. The first-order chi connectivity index (χ1) is 19.1. The molecule has 202 valence electrons. The van der Waals surface area contributed by atoms with Gasteiger partial charge in [-0.1, -0.05) is 0 Å². The van der Waals surface area contributed by atoms with Gasteiger partial charge in [-0.3, -0.25) is 14.4 Å². The summed E-state index contributed by atoms with van der Waals surface area (Å²) in [5.41, 5.74) is 3.79. The molecule has 1 unspecified atom stereocenters. The Hall–Kier alpha value is -4.70. The standard InChI is InChI=1S/C30H30N8O2/c1-17(2)37-12-22(11-33-37)38-20(5)23-24(27(38)39)34-28(36-30-13-29(14-30,15-30)16-32)35-26(23)40-25-18(3)9-21(7-6-8-31)10-19(25)4/h6-7,9-12,17,20H,13-15H2,1-5H3,(H,34,35,36)/b7-6+. The monoisotopic (exact) mass is 534 g/mol. The van der Waals surface area contributed by atoms with Crippen molar-refractivity contribution >= 4 is 23.6 Å². The Labute approximate surface area is 232 Å². The predicted octanol–water partition coefficient (Wildman–Crippen LogP) is 5.78. The van der Waals surface area contributed by atoms with Gasteiger partial charge in [-0.2, -0.15) is 20.6 Å². The number of hydrogen-bond donors (Lipinski definition) is 1. The van der Waals surface area contributed by atoms with E-state index in [9.17, 15) is 10.1 Å². The van der Waals surface area contributed by atoms with Crippen LogP contribution in [0, 0.1) is 41.9 Å². The fourth-order valence-corrected chi connectivity index (χ4v) is 6.36. The summed E-state index contributed by atoms with van der Waals surface area (Å²) >= 11 is 0. The van der Waals surface area contributed by atoms with Crippen LogP contribution in [0.5, 0.6) is 11.6 Å². The number of nitrogens with one attached hydrogen (secondary N) is 1. The Balaban J connectivity index is 1.40. The number of anilines is 2. The normalized spacial score (nSPS) is 24.4. The average Bonchev–Trinajstić information content (AvgIpc) is 3.44. The molecular weight excluding hydrogens is 504 g/mol. The van der Waals surface area contributed by atoms with E-state index < -0.39 is 0 Å². The van der Waals surface area contributed by atoms with Crippen molar-refractivity contribution < 1.29 is 9.53 Å². The van der Waals surface area contributed by atoms with Crippen molar-refractivity contribution in [1.29, 1.82) is 10.5 Å². The van der Waals surface area contributed by atoms with E-state index >= 15 is 0 Å². The zero-order chi connectivity index (χ0) is 28.4. The fourth-order valence-electron chi connectivity index (χ4n) is 6.36. The zero-order valence-electron chi connectivity index (χ0n) is 23.2. The molecule has 4 aliphatic rings. The molecule has 0 spiro atoms. The van der Waals surface area contributed by atoms with E-state index in [2.05, 4.69) is 16.5 Å². The van der Waals surface area contributed by atoms with Gasteiger partial charge in [0, 0.05) is 23.9 Å². The van der Waals surface area contributed by atoms with Crippen molar-refractivity contribution in [2.45, 2.75) is 71.5 Å². The number of nitriles is 2. The number of carbonyl (C=O) groups excluding carboxylic acids is 1. The molecule has 1 aromatic carbocycles. The summed E-state index contributed by atoms with van der Waals surface area (Å²) < 4.78 is 8.33. The number of rotatable bonds is 7. The van der Waals surface area contributed by atoms with Gasteiger partial charge in [0.1, 0.15) is 11.4 Å². The quantitative estimate of drug-likeness (QED) is 0.377. The van der Waals surface area contributed by atoms with Gasteiger partial charge >= 0.3 is 0 Å². The van der Waals surface area contributed by atoms with Gasteiger partial charge < -0.3 is 10.1 Å². The van der Waals surface area contributed by atoms with Gasteiger partial charge in [-0.15, -0.1) is 0 Å². The van der Waals surface area contributed by atoms with Crippen LogP contribution in [0.1, 0.15) is 84.9 Å². The molecule has 2 aromatic heterocycles. The van der Waals surface area contributed by atoms with E-state index in [1.807, 2.05) is 63.7 Å². The van der Waals surface area contributed by atoms with Crippen LogP contribution in [-0.2, 0) is 0 Å². The third-order valence-corrected chi connectivity index (χ3v) is 8.21. The van der Waals surface area contributed by atoms with E-state index in [1.165, 1.54) is 6.08 Å².